The summed E-state index contributed by atoms with van der Waals surface area (Å²) in [5.41, 5.74) is 12.0. The quantitative estimate of drug-likeness (QED) is 0.110. The highest BCUT2D eigenvalue weighted by molar-refractivity contribution is 6.11. The molecule has 64 heavy (non-hydrogen) atoms. The molecule has 3 aliphatic heterocycles. The van der Waals surface area contributed by atoms with E-state index in [1.807, 2.05) is 30.3 Å². The molecule has 1 amide bonds. The Morgan fingerprint density at radius 2 is 1.36 bits per heavy atom. The number of rotatable bonds is 14. The normalized spacial score (nSPS) is 17.5. The van der Waals surface area contributed by atoms with Gasteiger partial charge in [0, 0.05) is 96.1 Å². The number of amides is 1. The monoisotopic (exact) mass is 847 g/mol. The van der Waals surface area contributed by atoms with Gasteiger partial charge in [0.1, 0.15) is 0 Å². The van der Waals surface area contributed by atoms with Crippen molar-refractivity contribution in [2.75, 3.05) is 6.54 Å². The SMILES string of the molecule is Cc1cc(C)cc(-c2[nH]c3ccc(C(C)(C)C(=O)N4C5CCC4CC5)cc3c2[C@@H](C)CN(Cc2ccc(C(=O)C3=CCC=NC=C3)cc2)Cc2ccc(C(=O)c3ccncc3)cc2)c1. The van der Waals surface area contributed by atoms with Crippen molar-refractivity contribution in [2.45, 2.75) is 103 Å². The van der Waals surface area contributed by atoms with Gasteiger partial charge in [0.25, 0.3) is 0 Å². The first-order valence-corrected chi connectivity index (χ1v) is 22.8. The fourth-order valence-corrected chi connectivity index (χ4v) is 10.4. The fourth-order valence-electron chi connectivity index (χ4n) is 10.4. The minimum atomic E-state index is -0.682. The first-order chi connectivity index (χ1) is 30.9. The van der Waals surface area contributed by atoms with Crippen LogP contribution in [0.2, 0.25) is 0 Å². The Balaban J connectivity index is 1.06. The molecule has 0 spiro atoms. The van der Waals surface area contributed by atoms with Crippen LogP contribution in [0, 0.1) is 13.8 Å². The summed E-state index contributed by atoms with van der Waals surface area (Å²) in [6.07, 6.45) is 15.5. The van der Waals surface area contributed by atoms with E-state index in [9.17, 15) is 14.4 Å². The zero-order valence-electron chi connectivity index (χ0n) is 37.6. The van der Waals surface area contributed by atoms with E-state index < -0.39 is 5.41 Å². The van der Waals surface area contributed by atoms with Gasteiger partial charge < -0.3 is 9.88 Å². The fraction of sp³-hybridized carbons (Fsp3) is 0.304. The zero-order valence-corrected chi connectivity index (χ0v) is 37.6. The third-order valence-corrected chi connectivity index (χ3v) is 13.7. The maximum atomic E-state index is 14.4. The number of H-pyrrole nitrogens is 1. The number of carbonyl (C=O) groups is 3. The van der Waals surface area contributed by atoms with E-state index >= 15 is 0 Å². The molecule has 8 nitrogen and oxygen atoms in total. The molecule has 0 unspecified atom stereocenters. The van der Waals surface area contributed by atoms with E-state index in [2.05, 4.69) is 120 Å². The molecule has 0 aliphatic carbocycles. The average Bonchev–Trinajstić information content (AvgIpc) is 3.94. The minimum Gasteiger partial charge on any atom is -0.354 e. The number of aromatic nitrogens is 2. The number of hydrogen-bond acceptors (Lipinski definition) is 6. The molecule has 9 rings (SSSR count). The van der Waals surface area contributed by atoms with Gasteiger partial charge in [-0.05, 0) is 130 Å². The van der Waals surface area contributed by atoms with Crippen LogP contribution in [0.25, 0.3) is 22.2 Å². The number of pyridine rings is 1. The largest absolute Gasteiger partial charge is 0.354 e. The first-order valence-electron chi connectivity index (χ1n) is 22.8. The summed E-state index contributed by atoms with van der Waals surface area (Å²) in [4.78, 5) is 58.0. The molecule has 324 valence electrons. The van der Waals surface area contributed by atoms with Crippen LogP contribution in [0.1, 0.15) is 118 Å². The number of allylic oxidation sites excluding steroid dienone is 3. The second-order valence-corrected chi connectivity index (χ2v) is 18.8. The van der Waals surface area contributed by atoms with Crippen molar-refractivity contribution in [1.82, 2.24) is 19.8 Å². The Kier molecular flexibility index (Phi) is 12.0. The first kappa shape index (κ1) is 42.8. The minimum absolute atomic E-state index is 0.0181. The van der Waals surface area contributed by atoms with Crippen molar-refractivity contribution in [3.05, 3.63) is 183 Å². The number of carbonyl (C=O) groups excluding carboxylic acids is 3. The summed E-state index contributed by atoms with van der Waals surface area (Å²) in [7, 11) is 0. The smallest absolute Gasteiger partial charge is 0.233 e. The summed E-state index contributed by atoms with van der Waals surface area (Å²) in [6.45, 7) is 12.8. The maximum Gasteiger partial charge on any atom is 0.233 e. The summed E-state index contributed by atoms with van der Waals surface area (Å²) in [5.74, 6) is 0.237. The predicted molar refractivity (Wildman–Crippen MR) is 257 cm³/mol. The number of aliphatic imine (C=N–C) groups is 1. The van der Waals surface area contributed by atoms with Gasteiger partial charge in [-0.2, -0.15) is 0 Å². The molecule has 4 aromatic carbocycles. The number of nitrogens with zero attached hydrogens (tertiary/aromatic N) is 4. The van der Waals surface area contributed by atoms with Gasteiger partial charge in [0.05, 0.1) is 11.1 Å². The van der Waals surface area contributed by atoms with E-state index in [0.717, 1.165) is 64.5 Å². The summed E-state index contributed by atoms with van der Waals surface area (Å²) >= 11 is 0. The lowest BCUT2D eigenvalue weighted by atomic mass is 9.81. The van der Waals surface area contributed by atoms with Crippen LogP contribution in [0.4, 0.5) is 0 Å². The zero-order chi connectivity index (χ0) is 44.5. The lowest BCUT2D eigenvalue weighted by Crippen LogP contribution is -2.45. The second kappa shape index (κ2) is 17.9. The Morgan fingerprint density at radius 1 is 0.766 bits per heavy atom. The van der Waals surface area contributed by atoms with Gasteiger partial charge in [-0.15, -0.1) is 0 Å². The van der Waals surface area contributed by atoms with E-state index in [4.69, 9.17) is 0 Å². The summed E-state index contributed by atoms with van der Waals surface area (Å²) < 4.78 is 0. The number of nitrogens with one attached hydrogen (secondary N) is 1. The van der Waals surface area contributed by atoms with Gasteiger partial charge in [-0.25, -0.2) is 0 Å². The van der Waals surface area contributed by atoms with Crippen LogP contribution in [0.15, 0.2) is 138 Å². The van der Waals surface area contributed by atoms with E-state index in [1.165, 1.54) is 16.7 Å². The molecule has 2 fully saturated rings. The van der Waals surface area contributed by atoms with Gasteiger partial charge in [0.2, 0.25) is 5.91 Å². The Morgan fingerprint density at radius 3 is 1.98 bits per heavy atom. The molecule has 1 N–H and O–H groups in total. The molecule has 2 saturated heterocycles. The summed E-state index contributed by atoms with van der Waals surface area (Å²) in [6, 6.07) is 33.4. The van der Waals surface area contributed by atoms with Crippen LogP contribution < -0.4 is 0 Å². The molecule has 2 bridgehead atoms. The molecule has 0 saturated carbocycles. The van der Waals surface area contributed by atoms with Crippen molar-refractivity contribution in [2.24, 2.45) is 4.99 Å². The molecular weight excluding hydrogens is 791 g/mol. The number of ketones is 2. The third-order valence-electron chi connectivity index (χ3n) is 13.7. The molecule has 8 heteroatoms. The number of fused-ring (bicyclic) bond motifs is 3. The highest BCUT2D eigenvalue weighted by atomic mass is 16.2. The van der Waals surface area contributed by atoms with Crippen LogP contribution in [-0.2, 0) is 23.3 Å². The Bertz CT molecular complexity index is 2770. The molecule has 0 radical (unpaired) electrons. The number of Topliss-reactive ketones (excluding diaryl/α,β-unsaturated/α-hetero) is 1. The van der Waals surface area contributed by atoms with Crippen molar-refractivity contribution in [3.8, 4) is 11.3 Å². The van der Waals surface area contributed by atoms with Crippen LogP contribution in [0.5, 0.6) is 0 Å². The lowest BCUT2D eigenvalue weighted by Gasteiger charge is -2.33. The maximum absolute atomic E-state index is 14.4. The third kappa shape index (κ3) is 8.72. The second-order valence-electron chi connectivity index (χ2n) is 18.8. The summed E-state index contributed by atoms with van der Waals surface area (Å²) in [5, 5.41) is 1.14. The molecule has 2 aromatic heterocycles. The van der Waals surface area contributed by atoms with Gasteiger partial charge in [0.15, 0.2) is 11.6 Å². The standard InChI is InChI=1S/C56H57N5O3/c1-36-29-37(2)31-45(30-36)52-51(49-32-46(16-21-50(49)59-52)56(4,5)55(64)61-47-17-18-48(61)20-19-47)38(3)33-60(35-40-10-14-43(15-11-40)54(63)44-23-27-58-28-24-44)34-39-8-12-42(13-9-39)53(62)41-7-6-25-57-26-22-41/h7-16,21-32,38,47-48,59H,6,17-20,33-35H2,1-5H3/t38-,47?,48?/m0/s1. The average molecular weight is 848 g/mol. The Labute approximate surface area is 376 Å². The van der Waals surface area contributed by atoms with Crippen LogP contribution in [-0.4, -0.2) is 62.1 Å². The molecule has 5 heterocycles. The van der Waals surface area contributed by atoms with Crippen LogP contribution >= 0.6 is 0 Å². The van der Waals surface area contributed by atoms with Crippen molar-refractivity contribution >= 4 is 34.6 Å². The van der Waals surface area contributed by atoms with E-state index in [1.54, 1.807) is 43.0 Å². The number of benzene rings is 4. The van der Waals surface area contributed by atoms with E-state index in [-0.39, 0.29) is 23.4 Å². The van der Waals surface area contributed by atoms with E-state index in [0.29, 0.717) is 60.4 Å². The van der Waals surface area contributed by atoms with Gasteiger partial charge in [-0.1, -0.05) is 84.8 Å². The van der Waals surface area contributed by atoms with Crippen LogP contribution in [0.3, 0.4) is 0 Å². The number of aromatic amines is 1. The Hall–Kier alpha value is -6.51. The van der Waals surface area contributed by atoms with Crippen molar-refractivity contribution < 1.29 is 14.4 Å². The highest BCUT2D eigenvalue weighted by Gasteiger charge is 2.47. The number of aryl methyl sites for hydroxylation is 2. The lowest BCUT2D eigenvalue weighted by molar-refractivity contribution is -0.137. The molecule has 6 aromatic rings. The molecule has 1 atom stereocenters. The van der Waals surface area contributed by atoms with Gasteiger partial charge in [-0.3, -0.25) is 29.3 Å². The number of hydrogen-bond donors (Lipinski definition) is 1. The van der Waals surface area contributed by atoms with Crippen molar-refractivity contribution in [1.29, 1.82) is 0 Å². The van der Waals surface area contributed by atoms with Crippen molar-refractivity contribution in [3.63, 3.8) is 0 Å². The molecule has 3 aliphatic rings. The van der Waals surface area contributed by atoms with Gasteiger partial charge >= 0.3 is 0 Å². The highest BCUT2D eigenvalue weighted by Crippen LogP contribution is 2.43. The molecular formula is C56H57N5O3. The predicted octanol–water partition coefficient (Wildman–Crippen LogP) is 11.4. The topological polar surface area (TPSA) is 98.7 Å².